The van der Waals surface area contributed by atoms with Crippen LogP contribution in [0.4, 0.5) is 13.2 Å². The van der Waals surface area contributed by atoms with E-state index in [4.69, 9.17) is 0 Å². The number of aromatic nitrogens is 1. The second-order valence-electron chi connectivity index (χ2n) is 5.49. The van der Waals surface area contributed by atoms with Crippen LogP contribution in [-0.2, 0) is 6.18 Å². The molecule has 0 spiro atoms. The lowest BCUT2D eigenvalue weighted by Gasteiger charge is -2.25. The zero-order valence-electron chi connectivity index (χ0n) is 12.2. The quantitative estimate of drug-likeness (QED) is 0.879. The Kier molecular flexibility index (Phi) is 5.89. The van der Waals surface area contributed by atoms with Gasteiger partial charge in [0.05, 0.1) is 5.56 Å². The van der Waals surface area contributed by atoms with Crippen molar-refractivity contribution < 1.29 is 13.2 Å². The molecular weight excluding hydrogens is 285 g/mol. The van der Waals surface area contributed by atoms with E-state index in [0.29, 0.717) is 12.3 Å². The van der Waals surface area contributed by atoms with Crippen LogP contribution in [0.5, 0.6) is 0 Å². The number of thioether (sulfide) groups is 1. The summed E-state index contributed by atoms with van der Waals surface area (Å²) < 4.78 is 39.2. The predicted molar refractivity (Wildman–Crippen MR) is 77.9 cm³/mol. The summed E-state index contributed by atoms with van der Waals surface area (Å²) in [4.78, 5) is 3.86. The number of pyridine rings is 1. The molecule has 0 bridgehead atoms. The van der Waals surface area contributed by atoms with Gasteiger partial charge in [-0.05, 0) is 12.6 Å². The monoisotopic (exact) mass is 306 g/mol. The minimum atomic E-state index is -4.35. The lowest BCUT2D eigenvalue weighted by atomic mass is 10.0. The first-order valence-electron chi connectivity index (χ1n) is 6.53. The van der Waals surface area contributed by atoms with Crippen LogP contribution in [0.1, 0.15) is 44.9 Å². The molecule has 0 fully saturated rings. The van der Waals surface area contributed by atoms with Crippen molar-refractivity contribution in [1.29, 1.82) is 0 Å². The lowest BCUT2D eigenvalue weighted by molar-refractivity contribution is -0.138. The highest BCUT2D eigenvalue weighted by Crippen LogP contribution is 2.36. The number of hydrogen-bond donors (Lipinski definition) is 1. The van der Waals surface area contributed by atoms with Crippen LogP contribution in [0.25, 0.3) is 0 Å². The summed E-state index contributed by atoms with van der Waals surface area (Å²) in [7, 11) is 0. The molecule has 0 aliphatic heterocycles. The van der Waals surface area contributed by atoms with Gasteiger partial charge in [0.2, 0.25) is 0 Å². The summed E-state index contributed by atoms with van der Waals surface area (Å²) in [6, 6.07) is 0.691. The Morgan fingerprint density at radius 1 is 1.30 bits per heavy atom. The van der Waals surface area contributed by atoms with Crippen LogP contribution in [0.3, 0.4) is 0 Å². The van der Waals surface area contributed by atoms with Crippen molar-refractivity contribution in [3.8, 4) is 0 Å². The van der Waals surface area contributed by atoms with E-state index >= 15 is 0 Å². The molecule has 1 heterocycles. The molecule has 0 aliphatic rings. The third-order valence-corrected chi connectivity index (χ3v) is 4.03. The Morgan fingerprint density at radius 3 is 2.45 bits per heavy atom. The van der Waals surface area contributed by atoms with Crippen molar-refractivity contribution in [3.05, 3.63) is 29.6 Å². The highest BCUT2D eigenvalue weighted by Gasteiger charge is 2.35. The van der Waals surface area contributed by atoms with E-state index in [0.717, 1.165) is 6.07 Å². The second-order valence-corrected chi connectivity index (χ2v) is 7.34. The molecule has 20 heavy (non-hydrogen) atoms. The Bertz CT molecular complexity index is 427. The smallest absolute Gasteiger partial charge is 0.309 e. The van der Waals surface area contributed by atoms with E-state index in [1.54, 1.807) is 11.8 Å². The highest BCUT2D eigenvalue weighted by molar-refractivity contribution is 8.00. The highest BCUT2D eigenvalue weighted by atomic mass is 32.2. The summed E-state index contributed by atoms with van der Waals surface area (Å²) in [6.07, 6.45) is -1.84. The van der Waals surface area contributed by atoms with Gasteiger partial charge >= 0.3 is 6.18 Å². The normalized spacial score (nSPS) is 14.3. The van der Waals surface area contributed by atoms with Crippen molar-refractivity contribution in [2.45, 2.75) is 44.7 Å². The zero-order chi connectivity index (χ0) is 15.4. The molecule has 0 aromatic carbocycles. The molecule has 1 aromatic rings. The van der Waals surface area contributed by atoms with Crippen LogP contribution < -0.4 is 5.32 Å². The first-order valence-corrected chi connectivity index (χ1v) is 7.52. The minimum absolute atomic E-state index is 0.00821. The standard InChI is InChI=1S/C14H21F3N2S/c1-5-19-12(9-20-13(2,3)4)10-8-18-7-6-11(10)14(15,16)17/h6-8,12,19H,5,9H2,1-4H3. The van der Waals surface area contributed by atoms with Gasteiger partial charge in [-0.25, -0.2) is 0 Å². The molecule has 114 valence electrons. The van der Waals surface area contributed by atoms with Gasteiger partial charge in [-0.3, -0.25) is 4.98 Å². The number of nitrogens with one attached hydrogen (secondary N) is 1. The van der Waals surface area contributed by atoms with E-state index in [9.17, 15) is 13.2 Å². The van der Waals surface area contributed by atoms with Crippen molar-refractivity contribution in [1.82, 2.24) is 10.3 Å². The van der Waals surface area contributed by atoms with Crippen molar-refractivity contribution in [3.63, 3.8) is 0 Å². The molecule has 1 N–H and O–H groups in total. The summed E-state index contributed by atoms with van der Waals surface area (Å²) in [5.74, 6) is 0.576. The molecule has 1 aromatic heterocycles. The first-order chi connectivity index (χ1) is 9.15. The Hall–Kier alpha value is -0.750. The maximum Gasteiger partial charge on any atom is 0.416 e. The van der Waals surface area contributed by atoms with Crippen LogP contribution in [-0.4, -0.2) is 22.0 Å². The average molecular weight is 306 g/mol. The molecule has 1 atom stereocenters. The zero-order valence-corrected chi connectivity index (χ0v) is 13.0. The number of hydrogen-bond acceptors (Lipinski definition) is 3. The van der Waals surface area contributed by atoms with Crippen LogP contribution in [0.15, 0.2) is 18.5 Å². The van der Waals surface area contributed by atoms with Gasteiger partial charge in [0, 0.05) is 34.5 Å². The fourth-order valence-corrected chi connectivity index (χ4v) is 2.74. The Labute approximate surface area is 122 Å². The van der Waals surface area contributed by atoms with E-state index in [1.165, 1.54) is 12.4 Å². The molecule has 0 radical (unpaired) electrons. The number of rotatable bonds is 5. The summed E-state index contributed by atoms with van der Waals surface area (Å²) >= 11 is 1.64. The predicted octanol–water partition coefficient (Wildman–Crippen LogP) is 4.28. The van der Waals surface area contributed by atoms with Crippen LogP contribution >= 0.6 is 11.8 Å². The van der Waals surface area contributed by atoms with Gasteiger partial charge in [0.25, 0.3) is 0 Å². The first kappa shape index (κ1) is 17.3. The van der Waals surface area contributed by atoms with Crippen LogP contribution in [0.2, 0.25) is 0 Å². The van der Waals surface area contributed by atoms with Gasteiger partial charge < -0.3 is 5.32 Å². The largest absolute Gasteiger partial charge is 0.416 e. The summed E-state index contributed by atoms with van der Waals surface area (Å²) in [5, 5.41) is 3.12. The molecule has 0 aliphatic carbocycles. The molecule has 0 saturated heterocycles. The van der Waals surface area contributed by atoms with E-state index in [-0.39, 0.29) is 16.4 Å². The van der Waals surface area contributed by atoms with E-state index < -0.39 is 11.7 Å². The van der Waals surface area contributed by atoms with Gasteiger partial charge in [-0.2, -0.15) is 24.9 Å². The van der Waals surface area contributed by atoms with E-state index in [1.807, 2.05) is 6.92 Å². The lowest BCUT2D eigenvalue weighted by Crippen LogP contribution is -2.27. The maximum absolute atomic E-state index is 13.1. The molecule has 1 rings (SSSR count). The van der Waals surface area contributed by atoms with Gasteiger partial charge in [-0.15, -0.1) is 0 Å². The molecule has 2 nitrogen and oxygen atoms in total. The SMILES string of the molecule is CCNC(CSC(C)(C)C)c1cnccc1C(F)(F)F. The molecule has 0 amide bonds. The third kappa shape index (κ3) is 5.32. The average Bonchev–Trinajstić information content (AvgIpc) is 2.32. The van der Waals surface area contributed by atoms with Gasteiger partial charge in [0.1, 0.15) is 0 Å². The fourth-order valence-electron chi connectivity index (χ4n) is 1.78. The summed E-state index contributed by atoms with van der Waals surface area (Å²) in [6.45, 7) is 8.65. The number of halogens is 3. The molecule has 1 unspecified atom stereocenters. The maximum atomic E-state index is 13.1. The fraction of sp³-hybridized carbons (Fsp3) is 0.643. The van der Waals surface area contributed by atoms with Crippen molar-refractivity contribution in [2.24, 2.45) is 0 Å². The van der Waals surface area contributed by atoms with Crippen LogP contribution in [0, 0.1) is 0 Å². The molecule has 0 saturated carbocycles. The van der Waals surface area contributed by atoms with E-state index in [2.05, 4.69) is 31.1 Å². The Balaban J connectivity index is 3.03. The third-order valence-electron chi connectivity index (χ3n) is 2.67. The summed E-state index contributed by atoms with van der Waals surface area (Å²) in [5.41, 5.74) is -0.383. The molecule has 6 heteroatoms. The topological polar surface area (TPSA) is 24.9 Å². The van der Waals surface area contributed by atoms with Crippen molar-refractivity contribution in [2.75, 3.05) is 12.3 Å². The minimum Gasteiger partial charge on any atom is -0.309 e. The number of alkyl halides is 3. The number of nitrogens with zero attached hydrogens (tertiary/aromatic N) is 1. The molecular formula is C14H21F3N2S. The van der Waals surface area contributed by atoms with Crippen molar-refractivity contribution >= 4 is 11.8 Å². The van der Waals surface area contributed by atoms with Gasteiger partial charge in [-0.1, -0.05) is 27.7 Å². The second kappa shape index (κ2) is 6.80. The van der Waals surface area contributed by atoms with Gasteiger partial charge in [0.15, 0.2) is 0 Å². The Morgan fingerprint density at radius 2 is 1.95 bits per heavy atom.